The molecule has 0 aromatic heterocycles. The van der Waals surface area contributed by atoms with Crippen LogP contribution in [0.1, 0.15) is 50.3 Å². The Balaban J connectivity index is 3.15. The fourth-order valence-electron chi connectivity index (χ4n) is 2.43. The molecule has 20 heavy (non-hydrogen) atoms. The van der Waals surface area contributed by atoms with E-state index in [0.717, 1.165) is 18.9 Å². The van der Waals surface area contributed by atoms with Crippen molar-refractivity contribution in [3.63, 3.8) is 0 Å². The van der Waals surface area contributed by atoms with E-state index in [1.54, 1.807) is 19.2 Å². The fraction of sp³-hybridized carbons (Fsp3) is 0.600. The lowest BCUT2D eigenvalue weighted by atomic mass is 9.89. The fourth-order valence-corrected chi connectivity index (χ4v) is 2.79. The summed E-state index contributed by atoms with van der Waals surface area (Å²) in [7, 11) is 1.72. The van der Waals surface area contributed by atoms with Gasteiger partial charge in [0.1, 0.15) is 0 Å². The van der Waals surface area contributed by atoms with Crippen LogP contribution in [0.25, 0.3) is 0 Å². The van der Waals surface area contributed by atoms with Gasteiger partial charge < -0.3 is 5.32 Å². The van der Waals surface area contributed by atoms with Gasteiger partial charge in [0.2, 0.25) is 0 Å². The summed E-state index contributed by atoms with van der Waals surface area (Å²) < 4.78 is 40.0. The third-order valence-electron chi connectivity index (χ3n) is 3.77. The SMILES string of the molecule is CCC(CC)CC(NC)c1ccc(Br)cc1C(F)(F)F. The largest absolute Gasteiger partial charge is 0.416 e. The first-order valence-corrected chi connectivity index (χ1v) is 7.66. The maximum absolute atomic E-state index is 13.2. The standard InChI is InChI=1S/C15H21BrF3N/c1-4-10(5-2)8-14(20-3)12-7-6-11(16)9-13(12)15(17,18)19/h6-7,9-10,14,20H,4-5,8H2,1-3H3. The topological polar surface area (TPSA) is 12.0 Å². The lowest BCUT2D eigenvalue weighted by molar-refractivity contribution is -0.138. The summed E-state index contributed by atoms with van der Waals surface area (Å²) in [6, 6.07) is 4.12. The minimum Gasteiger partial charge on any atom is -0.313 e. The number of hydrogen-bond donors (Lipinski definition) is 1. The summed E-state index contributed by atoms with van der Waals surface area (Å²) in [5, 5.41) is 3.03. The molecule has 0 aliphatic heterocycles. The van der Waals surface area contributed by atoms with Gasteiger partial charge in [-0.25, -0.2) is 0 Å². The molecular weight excluding hydrogens is 331 g/mol. The Bertz CT molecular complexity index is 428. The van der Waals surface area contributed by atoms with Gasteiger partial charge in [-0.05, 0) is 37.1 Å². The first-order valence-electron chi connectivity index (χ1n) is 6.87. The van der Waals surface area contributed by atoms with Crippen molar-refractivity contribution in [3.8, 4) is 0 Å². The van der Waals surface area contributed by atoms with Crippen molar-refractivity contribution in [1.82, 2.24) is 5.32 Å². The molecule has 0 aliphatic carbocycles. The van der Waals surface area contributed by atoms with Gasteiger partial charge in [0.05, 0.1) is 5.56 Å². The summed E-state index contributed by atoms with van der Waals surface area (Å²) in [5.41, 5.74) is -0.229. The van der Waals surface area contributed by atoms with Crippen molar-refractivity contribution in [1.29, 1.82) is 0 Å². The molecule has 1 aromatic rings. The zero-order valence-corrected chi connectivity index (χ0v) is 13.6. The highest BCUT2D eigenvalue weighted by molar-refractivity contribution is 9.10. The van der Waals surface area contributed by atoms with Gasteiger partial charge in [-0.2, -0.15) is 13.2 Å². The molecule has 0 heterocycles. The zero-order chi connectivity index (χ0) is 15.3. The molecule has 0 spiro atoms. The predicted molar refractivity (Wildman–Crippen MR) is 79.6 cm³/mol. The average Bonchev–Trinajstić information content (AvgIpc) is 2.40. The molecule has 0 fully saturated rings. The van der Waals surface area contributed by atoms with Gasteiger partial charge in [0.25, 0.3) is 0 Å². The second-order valence-corrected chi connectivity index (χ2v) is 5.90. The quantitative estimate of drug-likeness (QED) is 0.707. The number of benzene rings is 1. The molecule has 1 atom stereocenters. The Hall–Kier alpha value is -0.550. The van der Waals surface area contributed by atoms with Crippen LogP contribution in [-0.2, 0) is 6.18 Å². The Labute approximate surface area is 127 Å². The van der Waals surface area contributed by atoms with E-state index in [2.05, 4.69) is 35.1 Å². The second-order valence-electron chi connectivity index (χ2n) is 4.99. The molecule has 1 N–H and O–H groups in total. The van der Waals surface area contributed by atoms with E-state index in [9.17, 15) is 13.2 Å². The number of alkyl halides is 3. The monoisotopic (exact) mass is 351 g/mol. The number of halogens is 4. The van der Waals surface area contributed by atoms with Crippen molar-refractivity contribution in [3.05, 3.63) is 33.8 Å². The molecule has 0 radical (unpaired) electrons. The second kappa shape index (κ2) is 7.46. The van der Waals surface area contributed by atoms with Crippen LogP contribution in [0.15, 0.2) is 22.7 Å². The molecule has 1 aromatic carbocycles. The molecule has 114 valence electrons. The normalized spacial score (nSPS) is 13.8. The molecule has 1 unspecified atom stereocenters. The van der Waals surface area contributed by atoms with E-state index in [1.165, 1.54) is 0 Å². The maximum atomic E-state index is 13.2. The summed E-state index contributed by atoms with van der Waals surface area (Å²) in [4.78, 5) is 0. The van der Waals surface area contributed by atoms with Crippen molar-refractivity contribution in [2.45, 2.75) is 45.3 Å². The summed E-state index contributed by atoms with van der Waals surface area (Å²) >= 11 is 3.12. The molecule has 1 nitrogen and oxygen atoms in total. The van der Waals surface area contributed by atoms with Crippen LogP contribution >= 0.6 is 15.9 Å². The lowest BCUT2D eigenvalue weighted by Crippen LogP contribution is -2.23. The van der Waals surface area contributed by atoms with Crippen molar-refractivity contribution in [2.24, 2.45) is 5.92 Å². The van der Waals surface area contributed by atoms with Gasteiger partial charge in [-0.3, -0.25) is 0 Å². The van der Waals surface area contributed by atoms with Crippen molar-refractivity contribution < 1.29 is 13.2 Å². The minimum absolute atomic E-state index is 0.273. The summed E-state index contributed by atoms with van der Waals surface area (Å²) in [6.07, 6.45) is -1.66. The van der Waals surface area contributed by atoms with Crippen LogP contribution in [-0.4, -0.2) is 7.05 Å². The average molecular weight is 352 g/mol. The Morgan fingerprint density at radius 1 is 1.20 bits per heavy atom. The number of hydrogen-bond acceptors (Lipinski definition) is 1. The zero-order valence-electron chi connectivity index (χ0n) is 12.0. The number of rotatable bonds is 6. The molecule has 0 amide bonds. The Kier molecular flexibility index (Phi) is 6.52. The van der Waals surface area contributed by atoms with Crippen molar-refractivity contribution in [2.75, 3.05) is 7.05 Å². The highest BCUT2D eigenvalue weighted by atomic mass is 79.9. The Morgan fingerprint density at radius 2 is 1.80 bits per heavy atom. The number of nitrogens with one attached hydrogen (secondary N) is 1. The van der Waals surface area contributed by atoms with E-state index in [-0.39, 0.29) is 6.04 Å². The summed E-state index contributed by atoms with van der Waals surface area (Å²) in [5.74, 6) is 0.428. The van der Waals surface area contributed by atoms with Crippen LogP contribution in [0.2, 0.25) is 0 Å². The molecule has 0 bridgehead atoms. The van der Waals surface area contributed by atoms with Crippen LogP contribution in [0, 0.1) is 5.92 Å². The van der Waals surface area contributed by atoms with E-state index in [0.29, 0.717) is 22.4 Å². The van der Waals surface area contributed by atoms with E-state index in [1.807, 2.05) is 0 Å². The summed E-state index contributed by atoms with van der Waals surface area (Å²) in [6.45, 7) is 4.15. The van der Waals surface area contributed by atoms with Gasteiger partial charge in [-0.1, -0.05) is 48.7 Å². The van der Waals surface area contributed by atoms with Crippen LogP contribution < -0.4 is 5.32 Å². The minimum atomic E-state index is -4.33. The van der Waals surface area contributed by atoms with E-state index in [4.69, 9.17) is 0 Å². The molecule has 1 rings (SSSR count). The third kappa shape index (κ3) is 4.48. The van der Waals surface area contributed by atoms with Crippen LogP contribution in [0.3, 0.4) is 0 Å². The van der Waals surface area contributed by atoms with Gasteiger partial charge in [-0.15, -0.1) is 0 Å². The van der Waals surface area contributed by atoms with E-state index >= 15 is 0 Å². The van der Waals surface area contributed by atoms with Crippen LogP contribution in [0.4, 0.5) is 13.2 Å². The van der Waals surface area contributed by atoms with Gasteiger partial charge in [0, 0.05) is 10.5 Å². The molecular formula is C15H21BrF3N. The van der Waals surface area contributed by atoms with E-state index < -0.39 is 11.7 Å². The molecule has 0 aliphatic rings. The van der Waals surface area contributed by atoms with Gasteiger partial charge in [0.15, 0.2) is 0 Å². The predicted octanol–water partition coefficient (Wildman–Crippen LogP) is 5.55. The lowest BCUT2D eigenvalue weighted by Gasteiger charge is -2.25. The third-order valence-corrected chi connectivity index (χ3v) is 4.26. The van der Waals surface area contributed by atoms with Crippen molar-refractivity contribution >= 4 is 15.9 Å². The molecule has 0 saturated carbocycles. The maximum Gasteiger partial charge on any atom is 0.416 e. The van der Waals surface area contributed by atoms with Gasteiger partial charge >= 0.3 is 6.18 Å². The molecule has 5 heteroatoms. The highest BCUT2D eigenvalue weighted by Crippen LogP contribution is 2.38. The Morgan fingerprint density at radius 3 is 2.25 bits per heavy atom. The first-order chi connectivity index (χ1) is 9.33. The first kappa shape index (κ1) is 17.5. The van der Waals surface area contributed by atoms with Crippen LogP contribution in [0.5, 0.6) is 0 Å². The molecule has 0 saturated heterocycles. The highest BCUT2D eigenvalue weighted by Gasteiger charge is 2.35. The smallest absolute Gasteiger partial charge is 0.313 e.